The van der Waals surface area contributed by atoms with Crippen molar-refractivity contribution in [3.8, 4) is 61.6 Å². The number of rotatable bonds is 7. The minimum absolute atomic E-state index is 0.218. The van der Waals surface area contributed by atoms with Gasteiger partial charge in [-0.05, 0) is 115 Å². The summed E-state index contributed by atoms with van der Waals surface area (Å²) in [5.74, 6) is 2.07. The Kier molecular flexibility index (Phi) is 8.99. The summed E-state index contributed by atoms with van der Waals surface area (Å²) in [6.07, 6.45) is 5.36. The highest BCUT2D eigenvalue weighted by atomic mass is 16.3. The number of imidazole rings is 1. The smallest absolute Gasteiger partial charge is 0.145 e. The van der Waals surface area contributed by atoms with Crippen molar-refractivity contribution in [1.29, 1.82) is 0 Å². The second-order valence-corrected chi connectivity index (χ2v) is 17.4. The second kappa shape index (κ2) is 15.6. The van der Waals surface area contributed by atoms with Crippen LogP contribution in [0.25, 0.3) is 111 Å². The zero-order valence-electron chi connectivity index (χ0n) is 36.1. The summed E-state index contributed by atoms with van der Waals surface area (Å²) in [5.41, 5.74) is 17.1. The van der Waals surface area contributed by atoms with E-state index in [1.54, 1.807) is 0 Å². The van der Waals surface area contributed by atoms with E-state index in [4.69, 9.17) is 9.40 Å². The highest BCUT2D eigenvalue weighted by molar-refractivity contribution is 6.01. The predicted octanol–water partition coefficient (Wildman–Crippen LogP) is 16.8. The molecule has 0 fully saturated rings. The number of hydrogen-bond acceptors (Lipinski definition) is 2. The molecule has 12 aromatic rings. The SMILES string of the molecule is C1=CC(c2ccc(-c3cccc4ccccc34)cc2)Cc2c1oc1c(-c3ccc(-c4nc5ccccc5n4-c4ccccc4)cc3)cc(-c3ccc(-c4cccc5ccccc45)cc3)cc21. The van der Waals surface area contributed by atoms with E-state index in [9.17, 15) is 0 Å². The van der Waals surface area contributed by atoms with E-state index < -0.39 is 0 Å². The Labute approximate surface area is 383 Å². The Bertz CT molecular complexity index is 3810. The van der Waals surface area contributed by atoms with Crippen molar-refractivity contribution in [2.24, 2.45) is 0 Å². The average molecular weight is 843 g/mol. The number of benzene rings is 10. The summed E-state index contributed by atoms with van der Waals surface area (Å²) in [6.45, 7) is 0. The van der Waals surface area contributed by atoms with Gasteiger partial charge in [0, 0.05) is 33.7 Å². The number of aromatic nitrogens is 2. The first kappa shape index (κ1) is 38.0. The number of furan rings is 1. The van der Waals surface area contributed by atoms with Crippen molar-refractivity contribution in [3.63, 3.8) is 0 Å². The lowest BCUT2D eigenvalue weighted by Gasteiger charge is -2.18. The van der Waals surface area contributed by atoms with Crippen LogP contribution in [0.15, 0.2) is 235 Å². The highest BCUT2D eigenvalue weighted by Crippen LogP contribution is 2.44. The second-order valence-electron chi connectivity index (χ2n) is 17.4. The van der Waals surface area contributed by atoms with Gasteiger partial charge in [0.05, 0.1) is 11.0 Å². The molecule has 1 unspecified atom stereocenters. The lowest BCUT2D eigenvalue weighted by molar-refractivity contribution is 0.592. The average Bonchev–Trinajstić information content (AvgIpc) is 3.97. The van der Waals surface area contributed by atoms with Gasteiger partial charge in [0.15, 0.2) is 0 Å². The molecule has 0 bridgehead atoms. The Balaban J connectivity index is 0.903. The maximum atomic E-state index is 6.92. The fraction of sp³-hybridized carbons (Fsp3) is 0.0317. The Hall–Kier alpha value is -8.53. The lowest BCUT2D eigenvalue weighted by Crippen LogP contribution is -2.04. The Morgan fingerprint density at radius 2 is 1.00 bits per heavy atom. The minimum atomic E-state index is 0.218. The molecule has 0 N–H and O–H groups in total. The van der Waals surface area contributed by atoms with Crippen molar-refractivity contribution >= 4 is 49.6 Å². The van der Waals surface area contributed by atoms with Gasteiger partial charge in [0.1, 0.15) is 17.2 Å². The van der Waals surface area contributed by atoms with Crippen LogP contribution in [0, 0.1) is 0 Å². The molecule has 310 valence electrons. The van der Waals surface area contributed by atoms with E-state index in [-0.39, 0.29) is 5.92 Å². The summed E-state index contributed by atoms with van der Waals surface area (Å²) in [4.78, 5) is 5.16. The number of allylic oxidation sites excluding steroid dienone is 1. The molecule has 1 aliphatic rings. The van der Waals surface area contributed by atoms with Crippen LogP contribution in [0.2, 0.25) is 0 Å². The fourth-order valence-corrected chi connectivity index (χ4v) is 10.3. The molecule has 66 heavy (non-hydrogen) atoms. The minimum Gasteiger partial charge on any atom is -0.456 e. The molecular formula is C63H42N2O. The van der Waals surface area contributed by atoms with E-state index in [2.05, 4.69) is 241 Å². The first-order chi connectivity index (χ1) is 32.7. The number of para-hydroxylation sites is 3. The number of nitrogens with zero attached hydrogens (tertiary/aromatic N) is 2. The van der Waals surface area contributed by atoms with E-state index in [1.807, 2.05) is 0 Å². The van der Waals surface area contributed by atoms with Gasteiger partial charge in [-0.3, -0.25) is 4.57 Å². The van der Waals surface area contributed by atoms with Crippen molar-refractivity contribution in [2.75, 3.05) is 0 Å². The van der Waals surface area contributed by atoms with Crippen molar-refractivity contribution < 1.29 is 4.42 Å². The third kappa shape index (κ3) is 6.47. The molecular weight excluding hydrogens is 801 g/mol. The van der Waals surface area contributed by atoms with Gasteiger partial charge < -0.3 is 4.42 Å². The van der Waals surface area contributed by atoms with Gasteiger partial charge in [-0.2, -0.15) is 0 Å². The monoisotopic (exact) mass is 842 g/mol. The molecule has 1 atom stereocenters. The standard InChI is InChI=1S/C63H42N2O/c1-2-16-51(17-3-1)65-60-23-9-8-22-59(60)64-63(65)48-34-32-47(33-35-48)56-39-50(42-26-30-46(31-27-42)55-21-11-15-44-13-5-7-19-53(44)55)40-58-57-38-49(36-37-61(57)66-62(56)58)41-24-28-45(29-25-41)54-20-10-14-43-12-4-6-18-52(43)54/h1-37,39-40,49H,38H2. The molecule has 0 spiro atoms. The third-order valence-corrected chi connectivity index (χ3v) is 13.6. The quantitative estimate of drug-likeness (QED) is 0.160. The molecule has 10 aromatic carbocycles. The van der Waals surface area contributed by atoms with Crippen LogP contribution in [0.1, 0.15) is 22.8 Å². The van der Waals surface area contributed by atoms with Gasteiger partial charge >= 0.3 is 0 Å². The molecule has 1 aliphatic carbocycles. The highest BCUT2D eigenvalue weighted by Gasteiger charge is 2.25. The van der Waals surface area contributed by atoms with Crippen LogP contribution in [0.3, 0.4) is 0 Å². The molecule has 2 heterocycles. The largest absolute Gasteiger partial charge is 0.456 e. The molecule has 2 aromatic heterocycles. The van der Waals surface area contributed by atoms with Crippen LogP contribution in [0.5, 0.6) is 0 Å². The third-order valence-electron chi connectivity index (χ3n) is 13.6. The number of fused-ring (bicyclic) bond motifs is 6. The van der Waals surface area contributed by atoms with Gasteiger partial charge in [0.2, 0.25) is 0 Å². The molecule has 0 saturated carbocycles. The van der Waals surface area contributed by atoms with Gasteiger partial charge in [-0.15, -0.1) is 0 Å². The summed E-state index contributed by atoms with van der Waals surface area (Å²) >= 11 is 0. The zero-order valence-corrected chi connectivity index (χ0v) is 36.1. The summed E-state index contributed by atoms with van der Waals surface area (Å²) in [5, 5.41) is 6.20. The normalized spacial score (nSPS) is 13.5. The molecule has 0 amide bonds. The lowest BCUT2D eigenvalue weighted by atomic mass is 9.85. The van der Waals surface area contributed by atoms with E-state index in [1.165, 1.54) is 54.9 Å². The summed E-state index contributed by atoms with van der Waals surface area (Å²) < 4.78 is 9.17. The van der Waals surface area contributed by atoms with Crippen molar-refractivity contribution in [1.82, 2.24) is 9.55 Å². The van der Waals surface area contributed by atoms with E-state index >= 15 is 0 Å². The van der Waals surface area contributed by atoms with Gasteiger partial charge in [-0.25, -0.2) is 4.98 Å². The molecule has 0 saturated heterocycles. The fourth-order valence-electron chi connectivity index (χ4n) is 10.3. The number of hydrogen-bond donors (Lipinski definition) is 0. The maximum Gasteiger partial charge on any atom is 0.145 e. The molecule has 0 radical (unpaired) electrons. The summed E-state index contributed by atoms with van der Waals surface area (Å²) in [7, 11) is 0. The maximum absolute atomic E-state index is 6.92. The van der Waals surface area contributed by atoms with E-state index in [0.717, 1.165) is 73.5 Å². The van der Waals surface area contributed by atoms with E-state index in [0.29, 0.717) is 0 Å². The van der Waals surface area contributed by atoms with Crippen LogP contribution in [-0.4, -0.2) is 9.55 Å². The predicted molar refractivity (Wildman–Crippen MR) is 275 cm³/mol. The van der Waals surface area contributed by atoms with Gasteiger partial charge in [0.25, 0.3) is 0 Å². The topological polar surface area (TPSA) is 31.0 Å². The molecule has 13 rings (SSSR count). The Morgan fingerprint density at radius 3 is 1.70 bits per heavy atom. The van der Waals surface area contributed by atoms with Crippen molar-refractivity contribution in [2.45, 2.75) is 12.3 Å². The molecule has 3 heteroatoms. The molecule has 0 aliphatic heterocycles. The van der Waals surface area contributed by atoms with Crippen LogP contribution < -0.4 is 0 Å². The van der Waals surface area contributed by atoms with Crippen molar-refractivity contribution in [3.05, 3.63) is 247 Å². The molecule has 3 nitrogen and oxygen atoms in total. The first-order valence-corrected chi connectivity index (χ1v) is 22.8. The zero-order chi connectivity index (χ0) is 43.6. The first-order valence-electron chi connectivity index (χ1n) is 22.8. The van der Waals surface area contributed by atoms with Gasteiger partial charge in [-0.1, -0.05) is 194 Å². The van der Waals surface area contributed by atoms with Crippen LogP contribution >= 0.6 is 0 Å². The summed E-state index contributed by atoms with van der Waals surface area (Å²) in [6, 6.07) is 81.0. The van der Waals surface area contributed by atoms with Crippen LogP contribution in [0.4, 0.5) is 0 Å². The Morgan fingerprint density at radius 1 is 0.439 bits per heavy atom. The van der Waals surface area contributed by atoms with Crippen LogP contribution in [-0.2, 0) is 6.42 Å².